The summed E-state index contributed by atoms with van der Waals surface area (Å²) in [6.45, 7) is 8.44. The van der Waals surface area contributed by atoms with Crippen LogP contribution in [-0.4, -0.2) is 55.8 Å². The second-order valence-corrected chi connectivity index (χ2v) is 13.0. The molecule has 1 aromatic heterocycles. The highest BCUT2D eigenvalue weighted by Crippen LogP contribution is 2.35. The van der Waals surface area contributed by atoms with Crippen molar-refractivity contribution in [2.75, 3.05) is 25.9 Å². The quantitative estimate of drug-likeness (QED) is 0.390. The second kappa shape index (κ2) is 10.6. The zero-order valence-electron chi connectivity index (χ0n) is 22.2. The SMILES string of the molecule is CC(C)c1ccc(C(=O)OC2CCc3c(c4cc(S(C)(=O)=O)ccc4n3CCN3CCCCC3)C2)cc1. The molecule has 2 aliphatic rings. The fourth-order valence-electron chi connectivity index (χ4n) is 5.83. The standard InChI is InChI=1S/C30H38N2O4S/c1-21(2)22-7-9-23(10-8-22)30(33)36-24-11-13-28-26(19-24)27-20-25(37(3,34)35)12-14-29(27)32(28)18-17-31-15-5-4-6-16-31/h7-10,12,14,20-21,24H,4-6,11,13,15-19H2,1-3H3. The molecule has 0 saturated carbocycles. The van der Waals surface area contributed by atoms with E-state index < -0.39 is 9.84 Å². The molecule has 37 heavy (non-hydrogen) atoms. The lowest BCUT2D eigenvalue weighted by molar-refractivity contribution is 0.0269. The fraction of sp³-hybridized carbons (Fsp3) is 0.500. The van der Waals surface area contributed by atoms with Crippen LogP contribution in [0, 0.1) is 0 Å². The van der Waals surface area contributed by atoms with Crippen molar-refractivity contribution in [3.63, 3.8) is 0 Å². The number of esters is 1. The van der Waals surface area contributed by atoms with Gasteiger partial charge in [0.25, 0.3) is 0 Å². The second-order valence-electron chi connectivity index (χ2n) is 11.0. The molecule has 1 atom stereocenters. The summed E-state index contributed by atoms with van der Waals surface area (Å²) >= 11 is 0. The maximum atomic E-state index is 12.9. The topological polar surface area (TPSA) is 68.6 Å². The number of hydrogen-bond donors (Lipinski definition) is 0. The molecule has 1 unspecified atom stereocenters. The molecular formula is C30H38N2O4S. The van der Waals surface area contributed by atoms with Crippen LogP contribution in [0.3, 0.4) is 0 Å². The maximum absolute atomic E-state index is 12.9. The van der Waals surface area contributed by atoms with Gasteiger partial charge >= 0.3 is 5.97 Å². The van der Waals surface area contributed by atoms with Gasteiger partial charge < -0.3 is 14.2 Å². The van der Waals surface area contributed by atoms with Gasteiger partial charge in [-0.1, -0.05) is 32.4 Å². The Morgan fingerprint density at radius 1 is 1.03 bits per heavy atom. The Bertz CT molecular complexity index is 1380. The number of carbonyl (C=O) groups is 1. The van der Waals surface area contributed by atoms with Crippen LogP contribution in [0.4, 0.5) is 0 Å². The third-order valence-corrected chi connectivity index (χ3v) is 9.11. The number of likely N-dealkylation sites (tertiary alicyclic amines) is 1. The summed E-state index contributed by atoms with van der Waals surface area (Å²) in [4.78, 5) is 15.8. The summed E-state index contributed by atoms with van der Waals surface area (Å²) in [6.07, 6.45) is 7.03. The molecule has 2 aromatic carbocycles. The maximum Gasteiger partial charge on any atom is 0.338 e. The number of ether oxygens (including phenoxy) is 1. The molecule has 0 bridgehead atoms. The molecular weight excluding hydrogens is 484 g/mol. The van der Waals surface area contributed by atoms with Crippen molar-refractivity contribution in [1.82, 2.24) is 9.47 Å². The van der Waals surface area contributed by atoms with E-state index in [1.54, 1.807) is 6.07 Å². The highest BCUT2D eigenvalue weighted by molar-refractivity contribution is 7.90. The van der Waals surface area contributed by atoms with Crippen LogP contribution in [0.2, 0.25) is 0 Å². The zero-order valence-corrected chi connectivity index (χ0v) is 23.0. The van der Waals surface area contributed by atoms with E-state index in [-0.39, 0.29) is 12.1 Å². The summed E-state index contributed by atoms with van der Waals surface area (Å²) < 4.78 is 33.0. The van der Waals surface area contributed by atoms with Crippen LogP contribution in [0.5, 0.6) is 0 Å². The molecule has 6 nitrogen and oxygen atoms in total. The van der Waals surface area contributed by atoms with Crippen molar-refractivity contribution in [2.45, 2.75) is 75.8 Å². The Labute approximate surface area is 220 Å². The number of fused-ring (bicyclic) bond motifs is 3. The summed E-state index contributed by atoms with van der Waals surface area (Å²) in [7, 11) is -3.32. The van der Waals surface area contributed by atoms with E-state index in [4.69, 9.17) is 4.74 Å². The van der Waals surface area contributed by atoms with Gasteiger partial charge in [-0.3, -0.25) is 0 Å². The number of hydrogen-bond acceptors (Lipinski definition) is 5. The molecule has 0 N–H and O–H groups in total. The van der Waals surface area contributed by atoms with Crippen LogP contribution >= 0.6 is 0 Å². The molecule has 3 aromatic rings. The average molecular weight is 523 g/mol. The van der Waals surface area contributed by atoms with Crippen LogP contribution in [0.15, 0.2) is 47.4 Å². The van der Waals surface area contributed by atoms with Gasteiger partial charge in [-0.05, 0) is 86.1 Å². The number of aromatic nitrogens is 1. The van der Waals surface area contributed by atoms with Crippen LogP contribution in [0.1, 0.15) is 72.6 Å². The van der Waals surface area contributed by atoms with Gasteiger partial charge in [0.1, 0.15) is 6.10 Å². The molecule has 1 aliphatic heterocycles. The van der Waals surface area contributed by atoms with Gasteiger partial charge in [0, 0.05) is 42.4 Å². The normalized spacial score (nSPS) is 18.8. The van der Waals surface area contributed by atoms with E-state index in [2.05, 4.69) is 23.3 Å². The van der Waals surface area contributed by atoms with Crippen LogP contribution < -0.4 is 0 Å². The molecule has 0 spiro atoms. The number of sulfone groups is 1. The minimum Gasteiger partial charge on any atom is -0.458 e. The monoisotopic (exact) mass is 522 g/mol. The van der Waals surface area contributed by atoms with Gasteiger partial charge in [-0.2, -0.15) is 0 Å². The van der Waals surface area contributed by atoms with Gasteiger partial charge in [0.15, 0.2) is 9.84 Å². The van der Waals surface area contributed by atoms with Crippen molar-refractivity contribution >= 4 is 26.7 Å². The highest BCUT2D eigenvalue weighted by atomic mass is 32.2. The van der Waals surface area contributed by atoms with E-state index in [9.17, 15) is 13.2 Å². The zero-order chi connectivity index (χ0) is 26.2. The lowest BCUT2D eigenvalue weighted by atomic mass is 9.93. The third-order valence-electron chi connectivity index (χ3n) is 8.00. The summed E-state index contributed by atoms with van der Waals surface area (Å²) in [5.74, 6) is 0.111. The van der Waals surface area contributed by atoms with E-state index in [1.165, 1.54) is 36.8 Å². The van der Waals surface area contributed by atoms with Crippen LogP contribution in [0.25, 0.3) is 10.9 Å². The summed E-state index contributed by atoms with van der Waals surface area (Å²) in [5.41, 5.74) is 5.21. The van der Waals surface area contributed by atoms with Gasteiger partial charge in [-0.25, -0.2) is 13.2 Å². The molecule has 0 radical (unpaired) electrons. The minimum absolute atomic E-state index is 0.229. The number of benzene rings is 2. The predicted octanol–water partition coefficient (Wildman–Crippen LogP) is 5.37. The summed E-state index contributed by atoms with van der Waals surface area (Å²) in [6, 6.07) is 13.2. The van der Waals surface area contributed by atoms with Gasteiger partial charge in [0.05, 0.1) is 10.5 Å². The largest absolute Gasteiger partial charge is 0.458 e. The Kier molecular flexibility index (Phi) is 7.46. The summed E-state index contributed by atoms with van der Waals surface area (Å²) in [5, 5.41) is 0.971. The Hall–Kier alpha value is -2.64. The molecule has 7 heteroatoms. The Morgan fingerprint density at radius 2 is 1.76 bits per heavy atom. The first-order valence-corrected chi connectivity index (χ1v) is 15.5. The molecule has 198 valence electrons. The molecule has 1 aliphatic carbocycles. The smallest absolute Gasteiger partial charge is 0.338 e. The van der Waals surface area contributed by atoms with E-state index in [1.807, 2.05) is 36.4 Å². The number of rotatable bonds is 7. The van der Waals surface area contributed by atoms with Crippen molar-refractivity contribution in [1.29, 1.82) is 0 Å². The Balaban J connectivity index is 1.41. The average Bonchev–Trinajstić information content (AvgIpc) is 3.20. The molecule has 2 heterocycles. The minimum atomic E-state index is -3.32. The third kappa shape index (κ3) is 5.63. The molecule has 0 amide bonds. The first kappa shape index (κ1) is 26.0. The first-order chi connectivity index (χ1) is 17.7. The van der Waals surface area contributed by atoms with Crippen molar-refractivity contribution in [3.05, 3.63) is 64.8 Å². The van der Waals surface area contributed by atoms with E-state index >= 15 is 0 Å². The van der Waals surface area contributed by atoms with E-state index in [0.29, 0.717) is 22.8 Å². The fourth-order valence-corrected chi connectivity index (χ4v) is 6.48. The predicted molar refractivity (Wildman–Crippen MR) is 147 cm³/mol. The number of piperidine rings is 1. The molecule has 1 saturated heterocycles. The van der Waals surface area contributed by atoms with Crippen LogP contribution in [-0.2, 0) is 34.0 Å². The van der Waals surface area contributed by atoms with Gasteiger partial charge in [0.2, 0.25) is 0 Å². The number of nitrogens with zero attached hydrogens (tertiary/aromatic N) is 2. The highest BCUT2D eigenvalue weighted by Gasteiger charge is 2.29. The van der Waals surface area contributed by atoms with Gasteiger partial charge in [-0.15, -0.1) is 0 Å². The number of carbonyl (C=O) groups excluding carboxylic acids is 1. The molecule has 5 rings (SSSR count). The first-order valence-electron chi connectivity index (χ1n) is 13.6. The lowest BCUT2D eigenvalue weighted by Gasteiger charge is -2.28. The molecule has 1 fully saturated rings. The van der Waals surface area contributed by atoms with Crippen molar-refractivity contribution in [3.8, 4) is 0 Å². The van der Waals surface area contributed by atoms with E-state index in [0.717, 1.165) is 55.5 Å². The van der Waals surface area contributed by atoms with Crippen molar-refractivity contribution in [2.24, 2.45) is 0 Å². The Morgan fingerprint density at radius 3 is 2.43 bits per heavy atom. The van der Waals surface area contributed by atoms with Crippen molar-refractivity contribution < 1.29 is 17.9 Å². The lowest BCUT2D eigenvalue weighted by Crippen LogP contribution is -2.33.